The van der Waals surface area contributed by atoms with Gasteiger partial charge in [-0.15, -0.1) is 11.3 Å². The van der Waals surface area contributed by atoms with Gasteiger partial charge in [-0.2, -0.15) is 0 Å². The summed E-state index contributed by atoms with van der Waals surface area (Å²) in [5, 5.41) is 10.9. The van der Waals surface area contributed by atoms with Crippen molar-refractivity contribution in [2.75, 3.05) is 7.05 Å². The highest BCUT2D eigenvalue weighted by molar-refractivity contribution is 7.16. The van der Waals surface area contributed by atoms with Gasteiger partial charge >= 0.3 is 0 Å². The van der Waals surface area contributed by atoms with Crippen LogP contribution in [0, 0.1) is 10.1 Å². The molecule has 1 aromatic heterocycles. The zero-order chi connectivity index (χ0) is 17.3. The first kappa shape index (κ1) is 16.1. The number of rotatable bonds is 4. The average Bonchev–Trinajstić information content (AvgIpc) is 3.07. The van der Waals surface area contributed by atoms with Gasteiger partial charge in [0.05, 0.1) is 26.7 Å². The molecular formula is C17H15N3O3S. The predicted molar refractivity (Wildman–Crippen MR) is 93.2 cm³/mol. The van der Waals surface area contributed by atoms with Crippen LogP contribution in [-0.2, 0) is 0 Å². The zero-order valence-corrected chi connectivity index (χ0v) is 14.0. The lowest BCUT2D eigenvalue weighted by Crippen LogP contribution is -2.29. The molecule has 3 rings (SSSR count). The molecule has 1 amide bonds. The lowest BCUT2D eigenvalue weighted by molar-refractivity contribution is -0.384. The highest BCUT2D eigenvalue weighted by Crippen LogP contribution is 2.25. The number of nitro groups is 1. The first-order chi connectivity index (χ1) is 11.5. The monoisotopic (exact) mass is 341 g/mol. The van der Waals surface area contributed by atoms with Crippen LogP contribution in [0.2, 0.25) is 0 Å². The summed E-state index contributed by atoms with van der Waals surface area (Å²) in [6.07, 6.45) is 0. The summed E-state index contributed by atoms with van der Waals surface area (Å²) in [6, 6.07) is 11.5. The van der Waals surface area contributed by atoms with Gasteiger partial charge in [-0.05, 0) is 30.7 Å². The van der Waals surface area contributed by atoms with Crippen LogP contribution in [0.15, 0.2) is 48.0 Å². The van der Waals surface area contributed by atoms with Crippen molar-refractivity contribution in [3.05, 3.63) is 69.2 Å². The Bertz CT molecular complexity index is 922. The molecule has 0 spiro atoms. The molecule has 0 radical (unpaired) electrons. The Kier molecular flexibility index (Phi) is 4.26. The average molecular weight is 341 g/mol. The molecule has 0 aliphatic rings. The molecule has 0 bridgehead atoms. The number of carbonyl (C=O) groups excluding carboxylic acids is 1. The third-order valence-corrected chi connectivity index (χ3v) is 4.83. The van der Waals surface area contributed by atoms with Gasteiger partial charge in [0.1, 0.15) is 0 Å². The van der Waals surface area contributed by atoms with Gasteiger partial charge in [-0.25, -0.2) is 4.98 Å². The Morgan fingerprint density at radius 3 is 2.83 bits per heavy atom. The summed E-state index contributed by atoms with van der Waals surface area (Å²) < 4.78 is 0.956. The Morgan fingerprint density at radius 2 is 2.08 bits per heavy atom. The molecule has 0 saturated heterocycles. The van der Waals surface area contributed by atoms with Crippen LogP contribution in [0.25, 0.3) is 10.2 Å². The summed E-state index contributed by atoms with van der Waals surface area (Å²) in [5.74, 6) is -0.135. The van der Waals surface area contributed by atoms with Crippen molar-refractivity contribution in [1.29, 1.82) is 0 Å². The first-order valence-electron chi connectivity index (χ1n) is 7.32. The second-order valence-corrected chi connectivity index (χ2v) is 6.37. The van der Waals surface area contributed by atoms with E-state index in [1.54, 1.807) is 35.7 Å². The first-order valence-corrected chi connectivity index (χ1v) is 8.20. The van der Waals surface area contributed by atoms with Crippen molar-refractivity contribution in [2.45, 2.75) is 13.0 Å². The molecule has 0 aliphatic carbocycles. The number of nitrogens with zero attached hydrogens (tertiary/aromatic N) is 3. The minimum atomic E-state index is -0.435. The molecule has 6 nitrogen and oxygen atoms in total. The van der Waals surface area contributed by atoms with Crippen molar-refractivity contribution in [2.24, 2.45) is 0 Å². The van der Waals surface area contributed by atoms with Crippen molar-refractivity contribution >= 4 is 33.1 Å². The smallest absolute Gasteiger partial charge is 0.269 e. The minimum Gasteiger partial charge on any atom is -0.335 e. The van der Waals surface area contributed by atoms with E-state index in [0.29, 0.717) is 5.56 Å². The molecule has 0 N–H and O–H groups in total. The SMILES string of the molecule is C[C@@H](c1cccc([N+](=O)[O-])c1)N(C)C(=O)c1ccc2ncsc2c1. The molecule has 0 saturated carbocycles. The molecule has 0 unspecified atom stereocenters. The number of fused-ring (bicyclic) bond motifs is 1. The lowest BCUT2D eigenvalue weighted by atomic mass is 10.1. The summed E-state index contributed by atoms with van der Waals surface area (Å²) in [4.78, 5) is 29.0. The number of non-ortho nitro benzene ring substituents is 1. The topological polar surface area (TPSA) is 76.3 Å². The molecule has 3 aromatic rings. The highest BCUT2D eigenvalue weighted by atomic mass is 32.1. The molecule has 24 heavy (non-hydrogen) atoms. The maximum atomic E-state index is 12.7. The molecule has 1 heterocycles. The van der Waals surface area contributed by atoms with Crippen LogP contribution in [0.1, 0.15) is 28.9 Å². The largest absolute Gasteiger partial charge is 0.335 e. The Labute approximate surface area is 142 Å². The van der Waals surface area contributed by atoms with E-state index >= 15 is 0 Å². The molecule has 7 heteroatoms. The van der Waals surface area contributed by atoms with Crippen LogP contribution in [0.3, 0.4) is 0 Å². The van der Waals surface area contributed by atoms with E-state index < -0.39 is 4.92 Å². The van der Waals surface area contributed by atoms with Crippen LogP contribution < -0.4 is 0 Å². The van der Waals surface area contributed by atoms with E-state index in [4.69, 9.17) is 0 Å². The van der Waals surface area contributed by atoms with Crippen LogP contribution >= 0.6 is 11.3 Å². The van der Waals surface area contributed by atoms with Gasteiger partial charge in [0.25, 0.3) is 11.6 Å². The van der Waals surface area contributed by atoms with Gasteiger partial charge in [0.2, 0.25) is 0 Å². The predicted octanol–water partition coefficient (Wildman–Crippen LogP) is 4.04. The molecule has 1 atom stereocenters. The van der Waals surface area contributed by atoms with E-state index in [1.165, 1.54) is 23.5 Å². The Morgan fingerprint density at radius 1 is 1.29 bits per heavy atom. The summed E-state index contributed by atoms with van der Waals surface area (Å²) in [6.45, 7) is 1.85. The molecule has 122 valence electrons. The van der Waals surface area contributed by atoms with Gasteiger partial charge in [0.15, 0.2) is 0 Å². The second kappa shape index (κ2) is 6.37. The van der Waals surface area contributed by atoms with E-state index in [0.717, 1.165) is 15.8 Å². The summed E-state index contributed by atoms with van der Waals surface area (Å²) in [7, 11) is 1.70. The van der Waals surface area contributed by atoms with Crippen molar-refractivity contribution in [1.82, 2.24) is 9.88 Å². The fourth-order valence-electron chi connectivity index (χ4n) is 2.49. The fourth-order valence-corrected chi connectivity index (χ4v) is 3.21. The van der Waals surface area contributed by atoms with Crippen molar-refractivity contribution in [3.8, 4) is 0 Å². The molecule has 0 aliphatic heterocycles. The van der Waals surface area contributed by atoms with Gasteiger partial charge in [0, 0.05) is 24.7 Å². The van der Waals surface area contributed by atoms with Crippen LogP contribution in [0.5, 0.6) is 0 Å². The lowest BCUT2D eigenvalue weighted by Gasteiger charge is -2.25. The fraction of sp³-hybridized carbons (Fsp3) is 0.176. The van der Waals surface area contributed by atoms with Gasteiger partial charge in [-0.1, -0.05) is 12.1 Å². The number of thiazole rings is 1. The van der Waals surface area contributed by atoms with Crippen molar-refractivity contribution < 1.29 is 9.72 Å². The van der Waals surface area contributed by atoms with E-state index in [-0.39, 0.29) is 17.6 Å². The maximum Gasteiger partial charge on any atom is 0.269 e. The van der Waals surface area contributed by atoms with E-state index in [2.05, 4.69) is 4.98 Å². The normalized spacial score (nSPS) is 12.1. The van der Waals surface area contributed by atoms with Gasteiger partial charge in [-0.3, -0.25) is 14.9 Å². The van der Waals surface area contributed by atoms with Crippen LogP contribution in [-0.4, -0.2) is 27.8 Å². The maximum absolute atomic E-state index is 12.7. The number of benzene rings is 2. The number of aromatic nitrogens is 1. The molecule has 0 fully saturated rings. The Hall–Kier alpha value is -2.80. The number of hydrogen-bond donors (Lipinski definition) is 0. The second-order valence-electron chi connectivity index (χ2n) is 5.48. The highest BCUT2D eigenvalue weighted by Gasteiger charge is 2.21. The number of nitro benzene ring substituents is 1. The quantitative estimate of drug-likeness (QED) is 0.530. The third-order valence-electron chi connectivity index (χ3n) is 4.04. The third kappa shape index (κ3) is 2.98. The van der Waals surface area contributed by atoms with Gasteiger partial charge < -0.3 is 4.90 Å². The minimum absolute atomic E-state index is 0.0197. The summed E-state index contributed by atoms with van der Waals surface area (Å²) >= 11 is 1.48. The summed E-state index contributed by atoms with van der Waals surface area (Å²) in [5.41, 5.74) is 3.93. The van der Waals surface area contributed by atoms with E-state index in [9.17, 15) is 14.9 Å². The zero-order valence-electron chi connectivity index (χ0n) is 13.2. The number of carbonyl (C=O) groups is 1. The van der Waals surface area contributed by atoms with E-state index in [1.807, 2.05) is 19.1 Å². The Balaban J connectivity index is 1.86. The molecule has 2 aromatic carbocycles. The number of amides is 1. The van der Waals surface area contributed by atoms with Crippen LogP contribution in [0.4, 0.5) is 5.69 Å². The number of hydrogen-bond acceptors (Lipinski definition) is 5. The standard InChI is InChI=1S/C17H15N3O3S/c1-11(12-4-3-5-14(8-12)20(22)23)19(2)17(21)13-6-7-15-16(9-13)24-10-18-15/h3-11H,1-2H3/t11-/m0/s1. The molecular weight excluding hydrogens is 326 g/mol. The van der Waals surface area contributed by atoms with Crippen molar-refractivity contribution in [3.63, 3.8) is 0 Å².